The van der Waals surface area contributed by atoms with E-state index in [-0.39, 0.29) is 18.2 Å². The summed E-state index contributed by atoms with van der Waals surface area (Å²) in [6, 6.07) is 8.83. The maximum Gasteiger partial charge on any atom is 0.509 e. The quantitative estimate of drug-likeness (QED) is 0.276. The lowest BCUT2D eigenvalue weighted by atomic mass is 9.74. The average Bonchev–Trinajstić information content (AvgIpc) is 2.69. The lowest BCUT2D eigenvalue weighted by Gasteiger charge is -2.52. The van der Waals surface area contributed by atoms with E-state index in [1.807, 2.05) is 30.3 Å². The van der Waals surface area contributed by atoms with Crippen LogP contribution in [0, 0.1) is 5.92 Å². The van der Waals surface area contributed by atoms with Crippen LogP contribution < -0.4 is 0 Å². The molecule has 1 heterocycles. The number of hydrogen-bond acceptors (Lipinski definition) is 6. The fourth-order valence-electron chi connectivity index (χ4n) is 3.66. The number of methoxy groups -OCH3 is 1. The number of hydrogen-bond donors (Lipinski definition) is 0. The highest BCUT2D eigenvalue weighted by atomic mass is 16.7. The molecule has 1 aromatic carbocycles. The smallest absolute Gasteiger partial charge is 0.464 e. The summed E-state index contributed by atoms with van der Waals surface area (Å²) >= 11 is 0. The highest BCUT2D eigenvalue weighted by Gasteiger charge is 2.58. The molecule has 2 rings (SSSR count). The van der Waals surface area contributed by atoms with Gasteiger partial charge in [-0.15, -0.1) is 6.58 Å². The molecule has 0 aliphatic carbocycles. The Morgan fingerprint density at radius 2 is 1.83 bits per heavy atom. The molecule has 1 saturated heterocycles. The number of rotatable bonds is 8. The number of allylic oxidation sites excluding steroid dienone is 1. The molecule has 1 amide bonds. The van der Waals surface area contributed by atoms with Crippen LogP contribution in [0.25, 0.3) is 0 Å². The number of carbonyl (C=O) groups is 3. The monoisotopic (exact) mass is 415 g/mol. The van der Waals surface area contributed by atoms with Crippen LogP contribution in [0.1, 0.15) is 39.7 Å². The van der Waals surface area contributed by atoms with Crippen molar-refractivity contribution in [3.05, 3.63) is 59.8 Å². The van der Waals surface area contributed by atoms with E-state index >= 15 is 0 Å². The zero-order chi connectivity index (χ0) is 22.5. The van der Waals surface area contributed by atoms with Crippen molar-refractivity contribution < 1.29 is 28.6 Å². The van der Waals surface area contributed by atoms with Gasteiger partial charge >= 0.3 is 12.1 Å². The molecule has 0 unspecified atom stereocenters. The van der Waals surface area contributed by atoms with Crippen LogP contribution in [0.4, 0.5) is 4.79 Å². The summed E-state index contributed by atoms with van der Waals surface area (Å²) in [5, 5.41) is 0. The Kier molecular flexibility index (Phi) is 7.43. The standard InChI is InChI=1S/C23H29NO6/c1-7-11-17-18(20(25)24(17)19(15(2)3)21(26)28-6)23(4,5)30-22(27)29-14-16-12-9-8-10-13-16/h7-10,12-13,17-18H,1,11,14H2,2-6H3/t17-,18-/m1/s1. The van der Waals surface area contributed by atoms with Crippen molar-refractivity contribution in [2.45, 2.75) is 52.4 Å². The molecular weight excluding hydrogens is 386 g/mol. The van der Waals surface area contributed by atoms with Gasteiger partial charge in [-0.25, -0.2) is 9.59 Å². The SMILES string of the molecule is C=CC[C@@H]1[C@@H](C(C)(C)OC(=O)OCc2ccccc2)C(=O)N1C(C(=O)OC)=C(C)C. The van der Waals surface area contributed by atoms with Crippen molar-refractivity contribution in [2.75, 3.05) is 7.11 Å². The second-order valence-electron chi connectivity index (χ2n) is 7.85. The van der Waals surface area contributed by atoms with Crippen molar-refractivity contribution in [1.82, 2.24) is 4.90 Å². The third-order valence-electron chi connectivity index (χ3n) is 5.02. The molecule has 30 heavy (non-hydrogen) atoms. The molecule has 1 fully saturated rings. The van der Waals surface area contributed by atoms with Gasteiger partial charge in [0.05, 0.1) is 19.1 Å². The summed E-state index contributed by atoms with van der Waals surface area (Å²) < 4.78 is 15.5. The van der Waals surface area contributed by atoms with E-state index in [0.29, 0.717) is 12.0 Å². The Hall–Kier alpha value is -3.09. The van der Waals surface area contributed by atoms with Crippen LogP contribution in [0.15, 0.2) is 54.3 Å². The first-order valence-corrected chi connectivity index (χ1v) is 9.73. The van der Waals surface area contributed by atoms with Crippen LogP contribution in [-0.2, 0) is 30.4 Å². The third kappa shape index (κ3) is 4.90. The van der Waals surface area contributed by atoms with Gasteiger partial charge in [-0.3, -0.25) is 4.79 Å². The molecule has 1 aliphatic rings. The molecule has 7 nitrogen and oxygen atoms in total. The molecule has 0 aromatic heterocycles. The van der Waals surface area contributed by atoms with E-state index < -0.39 is 29.7 Å². The number of benzene rings is 1. The predicted molar refractivity (Wildman–Crippen MR) is 111 cm³/mol. The first-order valence-electron chi connectivity index (χ1n) is 9.73. The third-order valence-corrected chi connectivity index (χ3v) is 5.02. The number of carbonyl (C=O) groups excluding carboxylic acids is 3. The molecule has 0 spiro atoms. The number of ether oxygens (including phenoxy) is 3. The molecular formula is C23H29NO6. The minimum Gasteiger partial charge on any atom is -0.464 e. The second kappa shape index (κ2) is 9.61. The largest absolute Gasteiger partial charge is 0.509 e. The summed E-state index contributed by atoms with van der Waals surface area (Å²) in [4.78, 5) is 38.9. The molecule has 0 N–H and O–H groups in total. The molecule has 7 heteroatoms. The normalized spacial score (nSPS) is 18.2. The number of amides is 1. The highest BCUT2D eigenvalue weighted by molar-refractivity contribution is 5.99. The first-order chi connectivity index (χ1) is 14.1. The molecule has 0 radical (unpaired) electrons. The van der Waals surface area contributed by atoms with Crippen LogP contribution in [0.5, 0.6) is 0 Å². The van der Waals surface area contributed by atoms with Crippen molar-refractivity contribution in [1.29, 1.82) is 0 Å². The molecule has 0 saturated carbocycles. The van der Waals surface area contributed by atoms with Crippen LogP contribution >= 0.6 is 0 Å². The van der Waals surface area contributed by atoms with Crippen LogP contribution in [0.3, 0.4) is 0 Å². The number of likely N-dealkylation sites (tertiary alicyclic amines) is 1. The van der Waals surface area contributed by atoms with Gasteiger partial charge in [0.2, 0.25) is 5.91 Å². The van der Waals surface area contributed by atoms with E-state index in [4.69, 9.17) is 14.2 Å². The minimum absolute atomic E-state index is 0.0703. The summed E-state index contributed by atoms with van der Waals surface area (Å²) in [5.74, 6) is -1.56. The Bertz CT molecular complexity index is 839. The van der Waals surface area contributed by atoms with E-state index in [1.54, 1.807) is 33.8 Å². The van der Waals surface area contributed by atoms with Gasteiger partial charge in [-0.1, -0.05) is 36.4 Å². The molecule has 1 aliphatic heterocycles. The Labute approximate surface area is 177 Å². The fourth-order valence-corrected chi connectivity index (χ4v) is 3.66. The summed E-state index contributed by atoms with van der Waals surface area (Å²) in [5.41, 5.74) is 0.545. The lowest BCUT2D eigenvalue weighted by molar-refractivity contribution is -0.174. The van der Waals surface area contributed by atoms with Crippen molar-refractivity contribution >= 4 is 18.0 Å². The average molecular weight is 415 g/mol. The van der Waals surface area contributed by atoms with Gasteiger partial charge in [0.1, 0.15) is 17.9 Å². The summed E-state index contributed by atoms with van der Waals surface area (Å²) in [7, 11) is 1.27. The Morgan fingerprint density at radius 3 is 2.37 bits per heavy atom. The zero-order valence-corrected chi connectivity index (χ0v) is 18.1. The molecule has 0 bridgehead atoms. The highest BCUT2D eigenvalue weighted by Crippen LogP contribution is 2.42. The van der Waals surface area contributed by atoms with Gasteiger partial charge in [0.15, 0.2) is 0 Å². The second-order valence-corrected chi connectivity index (χ2v) is 7.85. The van der Waals surface area contributed by atoms with Crippen molar-refractivity contribution in [2.24, 2.45) is 5.92 Å². The summed E-state index contributed by atoms with van der Waals surface area (Å²) in [6.45, 7) is 10.6. The van der Waals surface area contributed by atoms with Gasteiger partial charge < -0.3 is 19.1 Å². The van der Waals surface area contributed by atoms with Crippen LogP contribution in [0.2, 0.25) is 0 Å². The fraction of sp³-hybridized carbons (Fsp3) is 0.435. The van der Waals surface area contributed by atoms with Gasteiger partial charge in [-0.05, 0) is 45.3 Å². The Morgan fingerprint density at radius 1 is 1.20 bits per heavy atom. The minimum atomic E-state index is -1.14. The van der Waals surface area contributed by atoms with E-state index in [9.17, 15) is 14.4 Å². The maximum absolute atomic E-state index is 13.0. The van der Waals surface area contributed by atoms with Crippen molar-refractivity contribution in [3.8, 4) is 0 Å². The van der Waals surface area contributed by atoms with Gasteiger partial charge in [0, 0.05) is 0 Å². The molecule has 162 valence electrons. The Balaban J connectivity index is 2.14. The van der Waals surface area contributed by atoms with Crippen LogP contribution in [-0.4, -0.2) is 41.7 Å². The predicted octanol–water partition coefficient (Wildman–Crippen LogP) is 3.99. The zero-order valence-electron chi connectivity index (χ0n) is 18.1. The number of β-lactam (4-membered cyclic amide) rings is 1. The number of nitrogens with zero attached hydrogens (tertiary/aromatic N) is 1. The van der Waals surface area contributed by atoms with E-state index in [0.717, 1.165) is 5.56 Å². The topological polar surface area (TPSA) is 82.1 Å². The van der Waals surface area contributed by atoms with E-state index in [2.05, 4.69) is 6.58 Å². The lowest BCUT2D eigenvalue weighted by Crippen LogP contribution is -2.68. The molecule has 2 atom stereocenters. The first kappa shape index (κ1) is 23.2. The van der Waals surface area contributed by atoms with Crippen molar-refractivity contribution in [3.63, 3.8) is 0 Å². The van der Waals surface area contributed by atoms with E-state index in [1.165, 1.54) is 12.0 Å². The number of esters is 1. The van der Waals surface area contributed by atoms with Gasteiger partial charge in [-0.2, -0.15) is 0 Å². The molecule has 1 aromatic rings. The van der Waals surface area contributed by atoms with Gasteiger partial charge in [0.25, 0.3) is 0 Å². The maximum atomic E-state index is 13.0. The summed E-state index contributed by atoms with van der Waals surface area (Å²) in [6.07, 6.45) is 1.24.